The SMILES string of the molecule is COc1c(C(=O)O)cccc1-c1cnn(C)c1. The second-order valence-electron chi connectivity index (χ2n) is 3.59. The molecule has 1 N–H and O–H groups in total. The molecule has 0 fully saturated rings. The maximum Gasteiger partial charge on any atom is 0.339 e. The van der Waals surface area contributed by atoms with E-state index in [1.54, 1.807) is 24.0 Å². The van der Waals surface area contributed by atoms with Crippen molar-refractivity contribution in [3.05, 3.63) is 36.2 Å². The fourth-order valence-electron chi connectivity index (χ4n) is 1.71. The van der Waals surface area contributed by atoms with Gasteiger partial charge in [-0.05, 0) is 6.07 Å². The van der Waals surface area contributed by atoms with Crippen LogP contribution in [0.2, 0.25) is 0 Å². The third kappa shape index (κ3) is 1.99. The van der Waals surface area contributed by atoms with Crippen molar-refractivity contribution in [3.63, 3.8) is 0 Å². The van der Waals surface area contributed by atoms with Crippen LogP contribution in [0.25, 0.3) is 11.1 Å². The fraction of sp³-hybridized carbons (Fsp3) is 0.167. The Labute approximate surface area is 98.3 Å². The lowest BCUT2D eigenvalue weighted by Gasteiger charge is -2.09. The van der Waals surface area contributed by atoms with Crippen molar-refractivity contribution < 1.29 is 14.6 Å². The van der Waals surface area contributed by atoms with Crippen LogP contribution in [-0.4, -0.2) is 28.0 Å². The van der Waals surface area contributed by atoms with Gasteiger partial charge in [-0.2, -0.15) is 5.10 Å². The highest BCUT2D eigenvalue weighted by molar-refractivity contribution is 5.94. The molecule has 5 nitrogen and oxygen atoms in total. The van der Waals surface area contributed by atoms with E-state index >= 15 is 0 Å². The van der Waals surface area contributed by atoms with E-state index in [2.05, 4.69) is 5.10 Å². The zero-order valence-corrected chi connectivity index (χ0v) is 9.54. The van der Waals surface area contributed by atoms with E-state index in [0.29, 0.717) is 5.75 Å². The lowest BCUT2D eigenvalue weighted by atomic mass is 10.0. The maximum absolute atomic E-state index is 11.1. The first-order valence-corrected chi connectivity index (χ1v) is 5.03. The summed E-state index contributed by atoms with van der Waals surface area (Å²) < 4.78 is 6.84. The number of carboxylic acids is 1. The van der Waals surface area contributed by atoms with E-state index in [-0.39, 0.29) is 5.56 Å². The van der Waals surface area contributed by atoms with E-state index in [9.17, 15) is 4.79 Å². The predicted octanol–water partition coefficient (Wildman–Crippen LogP) is 1.79. The molecule has 88 valence electrons. The standard InChI is InChI=1S/C12H12N2O3/c1-14-7-8(6-13-14)9-4-3-5-10(12(15)16)11(9)17-2/h3-7H,1-2H3,(H,15,16). The van der Waals surface area contributed by atoms with Gasteiger partial charge in [-0.1, -0.05) is 12.1 Å². The average molecular weight is 232 g/mol. The smallest absolute Gasteiger partial charge is 0.339 e. The number of carboxylic acid groups (broad SMARTS) is 1. The first kappa shape index (κ1) is 11.2. The zero-order chi connectivity index (χ0) is 12.4. The maximum atomic E-state index is 11.1. The Balaban J connectivity index is 2.61. The topological polar surface area (TPSA) is 64.3 Å². The number of aryl methyl sites for hydroxylation is 1. The van der Waals surface area contributed by atoms with Crippen LogP contribution in [0.4, 0.5) is 0 Å². The molecule has 0 spiro atoms. The molecule has 2 rings (SSSR count). The molecule has 1 aromatic carbocycles. The van der Waals surface area contributed by atoms with Crippen LogP contribution in [0.5, 0.6) is 5.75 Å². The van der Waals surface area contributed by atoms with E-state index < -0.39 is 5.97 Å². The van der Waals surface area contributed by atoms with E-state index in [1.165, 1.54) is 13.2 Å². The molecule has 0 saturated carbocycles. The number of benzene rings is 1. The van der Waals surface area contributed by atoms with Crippen LogP contribution >= 0.6 is 0 Å². The second-order valence-corrected chi connectivity index (χ2v) is 3.59. The second kappa shape index (κ2) is 4.29. The Morgan fingerprint density at radius 1 is 1.47 bits per heavy atom. The number of methoxy groups -OCH3 is 1. The molecule has 0 bridgehead atoms. The number of carbonyl (C=O) groups is 1. The van der Waals surface area contributed by atoms with Crippen LogP contribution in [0.15, 0.2) is 30.6 Å². The summed E-state index contributed by atoms with van der Waals surface area (Å²) in [5.74, 6) is -0.652. The van der Waals surface area contributed by atoms with Crippen molar-refractivity contribution in [2.75, 3.05) is 7.11 Å². The Morgan fingerprint density at radius 3 is 2.76 bits per heavy atom. The van der Waals surface area contributed by atoms with Gasteiger partial charge < -0.3 is 9.84 Å². The van der Waals surface area contributed by atoms with Crippen molar-refractivity contribution in [3.8, 4) is 16.9 Å². The van der Waals surface area contributed by atoms with Crippen molar-refractivity contribution in [1.29, 1.82) is 0 Å². The number of para-hydroxylation sites is 1. The van der Waals surface area contributed by atoms with Gasteiger partial charge in [-0.3, -0.25) is 4.68 Å². The first-order chi connectivity index (χ1) is 8.13. The molecule has 1 heterocycles. The van der Waals surface area contributed by atoms with Crippen LogP contribution in [0.1, 0.15) is 10.4 Å². The van der Waals surface area contributed by atoms with Crippen LogP contribution in [-0.2, 0) is 7.05 Å². The Hall–Kier alpha value is -2.30. The molecule has 0 saturated heterocycles. The van der Waals surface area contributed by atoms with Gasteiger partial charge in [0.2, 0.25) is 0 Å². The summed E-state index contributed by atoms with van der Waals surface area (Å²) in [6.07, 6.45) is 3.48. The Morgan fingerprint density at radius 2 is 2.24 bits per heavy atom. The predicted molar refractivity (Wildman–Crippen MR) is 62.2 cm³/mol. The van der Waals surface area contributed by atoms with Gasteiger partial charge in [-0.25, -0.2) is 4.79 Å². The number of rotatable bonds is 3. The minimum Gasteiger partial charge on any atom is -0.495 e. The normalized spacial score (nSPS) is 10.2. The minimum absolute atomic E-state index is 0.147. The molecule has 0 atom stereocenters. The molecule has 0 amide bonds. The minimum atomic E-state index is -1.01. The summed E-state index contributed by atoms with van der Waals surface area (Å²) in [6.45, 7) is 0. The monoisotopic (exact) mass is 232 g/mol. The molecule has 0 aliphatic rings. The highest BCUT2D eigenvalue weighted by Crippen LogP contribution is 2.32. The zero-order valence-electron chi connectivity index (χ0n) is 9.54. The Bertz CT molecular complexity index is 561. The number of hydrogen-bond donors (Lipinski definition) is 1. The molecule has 0 radical (unpaired) electrons. The Kier molecular flexibility index (Phi) is 2.82. The molecule has 5 heteroatoms. The largest absolute Gasteiger partial charge is 0.495 e. The van der Waals surface area contributed by atoms with E-state index in [0.717, 1.165) is 11.1 Å². The van der Waals surface area contributed by atoms with Crippen molar-refractivity contribution in [2.45, 2.75) is 0 Å². The van der Waals surface area contributed by atoms with Gasteiger partial charge in [-0.15, -0.1) is 0 Å². The molecule has 0 aliphatic carbocycles. The summed E-state index contributed by atoms with van der Waals surface area (Å²) in [6, 6.07) is 5.01. The van der Waals surface area contributed by atoms with Gasteiger partial charge in [0.1, 0.15) is 11.3 Å². The third-order valence-electron chi connectivity index (χ3n) is 2.47. The first-order valence-electron chi connectivity index (χ1n) is 5.03. The number of aromatic nitrogens is 2. The van der Waals surface area contributed by atoms with Crippen LogP contribution in [0, 0.1) is 0 Å². The average Bonchev–Trinajstić information content (AvgIpc) is 2.74. The van der Waals surface area contributed by atoms with Gasteiger partial charge >= 0.3 is 5.97 Å². The summed E-state index contributed by atoms with van der Waals surface area (Å²) in [5.41, 5.74) is 1.70. The number of nitrogens with zero attached hydrogens (tertiary/aromatic N) is 2. The summed E-state index contributed by atoms with van der Waals surface area (Å²) >= 11 is 0. The van der Waals surface area contributed by atoms with Crippen LogP contribution in [0.3, 0.4) is 0 Å². The van der Waals surface area contributed by atoms with Gasteiger partial charge in [0.05, 0.1) is 13.3 Å². The van der Waals surface area contributed by atoms with Crippen LogP contribution < -0.4 is 4.74 Å². The molecular weight excluding hydrogens is 220 g/mol. The van der Waals surface area contributed by atoms with Gasteiger partial charge in [0, 0.05) is 24.4 Å². The molecular formula is C12H12N2O3. The lowest BCUT2D eigenvalue weighted by molar-refractivity contribution is 0.0693. The highest BCUT2D eigenvalue weighted by Gasteiger charge is 2.16. The number of aromatic carboxylic acids is 1. The molecule has 1 aromatic heterocycles. The van der Waals surface area contributed by atoms with Gasteiger partial charge in [0.15, 0.2) is 0 Å². The van der Waals surface area contributed by atoms with E-state index in [1.807, 2.05) is 12.3 Å². The summed E-state index contributed by atoms with van der Waals surface area (Å²) in [4.78, 5) is 11.1. The van der Waals surface area contributed by atoms with Gasteiger partial charge in [0.25, 0.3) is 0 Å². The summed E-state index contributed by atoms with van der Waals surface area (Å²) in [5, 5.41) is 13.1. The number of ether oxygens (including phenoxy) is 1. The van der Waals surface area contributed by atoms with Crippen molar-refractivity contribution in [1.82, 2.24) is 9.78 Å². The highest BCUT2D eigenvalue weighted by atomic mass is 16.5. The molecule has 17 heavy (non-hydrogen) atoms. The van der Waals surface area contributed by atoms with Crippen molar-refractivity contribution >= 4 is 5.97 Å². The van der Waals surface area contributed by atoms with Crippen molar-refractivity contribution in [2.24, 2.45) is 7.05 Å². The van der Waals surface area contributed by atoms with E-state index in [4.69, 9.17) is 9.84 Å². The summed E-state index contributed by atoms with van der Waals surface area (Å²) in [7, 11) is 3.26. The fourth-order valence-corrected chi connectivity index (χ4v) is 1.71. The molecule has 0 unspecified atom stereocenters. The lowest BCUT2D eigenvalue weighted by Crippen LogP contribution is -2.01. The quantitative estimate of drug-likeness (QED) is 0.876. The third-order valence-corrected chi connectivity index (χ3v) is 2.47. The molecule has 2 aromatic rings. The molecule has 0 aliphatic heterocycles. The number of hydrogen-bond acceptors (Lipinski definition) is 3.